The van der Waals surface area contributed by atoms with E-state index in [1.165, 1.54) is 0 Å². The Kier molecular flexibility index (Phi) is 4.84. The van der Waals surface area contributed by atoms with Crippen LogP contribution >= 0.6 is 0 Å². The van der Waals surface area contributed by atoms with Crippen LogP contribution in [0.15, 0.2) is 82.0 Å². The number of carbonyl (C=O) groups is 1. The average molecular weight is 465 g/mol. The topological polar surface area (TPSA) is 106 Å². The number of benzene rings is 3. The highest BCUT2D eigenvalue weighted by molar-refractivity contribution is 5.96. The third kappa shape index (κ3) is 3.91. The van der Waals surface area contributed by atoms with Crippen molar-refractivity contribution in [2.75, 3.05) is 19.0 Å². The Balaban J connectivity index is 1.51. The second kappa shape index (κ2) is 8.18. The highest BCUT2D eigenvalue weighted by atomic mass is 16.5. The SMILES string of the molecule is COc1ccc(-c2cc(-c3ccc4c(c3)NC(=O)CO4)nc(-c3ccc4oc(=O)[nH]c4c3)c2)cc1. The van der Waals surface area contributed by atoms with Crippen LogP contribution in [0.3, 0.4) is 0 Å². The van der Waals surface area contributed by atoms with Crippen LogP contribution in [0.25, 0.3) is 44.7 Å². The summed E-state index contributed by atoms with van der Waals surface area (Å²) in [4.78, 5) is 31.0. The molecule has 0 radical (unpaired) electrons. The molecular formula is C27H19N3O5. The van der Waals surface area contributed by atoms with Crippen molar-refractivity contribution in [1.29, 1.82) is 0 Å². The molecule has 1 amide bonds. The van der Waals surface area contributed by atoms with Crippen molar-refractivity contribution >= 4 is 22.7 Å². The number of carbonyl (C=O) groups excluding carboxylic acids is 1. The van der Waals surface area contributed by atoms with Gasteiger partial charge in [-0.25, -0.2) is 9.78 Å². The summed E-state index contributed by atoms with van der Waals surface area (Å²) in [5, 5.41) is 2.85. The molecule has 0 spiro atoms. The minimum absolute atomic E-state index is 0.000279. The Morgan fingerprint density at radius 2 is 1.54 bits per heavy atom. The van der Waals surface area contributed by atoms with E-state index in [9.17, 15) is 9.59 Å². The Morgan fingerprint density at radius 3 is 2.31 bits per heavy atom. The maximum atomic E-state index is 11.8. The number of aromatic amines is 1. The molecule has 0 fully saturated rings. The summed E-state index contributed by atoms with van der Waals surface area (Å²) in [6.45, 7) is 0.000279. The van der Waals surface area contributed by atoms with Crippen LogP contribution in [0.5, 0.6) is 11.5 Å². The summed E-state index contributed by atoms with van der Waals surface area (Å²) in [6.07, 6.45) is 0. The summed E-state index contributed by atoms with van der Waals surface area (Å²) in [6, 6.07) is 22.8. The van der Waals surface area contributed by atoms with Crippen molar-refractivity contribution in [3.63, 3.8) is 0 Å². The van der Waals surface area contributed by atoms with Gasteiger partial charge in [-0.15, -0.1) is 0 Å². The fraction of sp³-hybridized carbons (Fsp3) is 0.0741. The van der Waals surface area contributed by atoms with Crippen molar-refractivity contribution in [2.24, 2.45) is 0 Å². The van der Waals surface area contributed by atoms with Gasteiger partial charge in [0, 0.05) is 11.1 Å². The predicted molar refractivity (Wildman–Crippen MR) is 132 cm³/mol. The Labute approximate surface area is 199 Å². The van der Waals surface area contributed by atoms with E-state index in [0.717, 1.165) is 39.4 Å². The third-order valence-electron chi connectivity index (χ3n) is 5.87. The highest BCUT2D eigenvalue weighted by Gasteiger charge is 2.18. The number of oxazole rings is 1. The molecule has 172 valence electrons. The van der Waals surface area contributed by atoms with E-state index in [1.807, 2.05) is 66.7 Å². The van der Waals surface area contributed by atoms with Gasteiger partial charge in [0.2, 0.25) is 0 Å². The summed E-state index contributed by atoms with van der Waals surface area (Å²) in [5.41, 5.74) is 6.70. The lowest BCUT2D eigenvalue weighted by atomic mass is 9.99. The molecule has 0 saturated carbocycles. The van der Waals surface area contributed by atoms with Crippen LogP contribution in [0.4, 0.5) is 5.69 Å². The molecule has 35 heavy (non-hydrogen) atoms. The number of rotatable bonds is 4. The second-order valence-corrected chi connectivity index (χ2v) is 8.13. The first-order chi connectivity index (χ1) is 17.1. The van der Waals surface area contributed by atoms with Gasteiger partial charge in [0.15, 0.2) is 12.2 Å². The van der Waals surface area contributed by atoms with Gasteiger partial charge in [-0.2, -0.15) is 0 Å². The van der Waals surface area contributed by atoms with Crippen molar-refractivity contribution in [1.82, 2.24) is 9.97 Å². The van der Waals surface area contributed by atoms with Crippen molar-refractivity contribution < 1.29 is 18.7 Å². The molecule has 8 nitrogen and oxygen atoms in total. The summed E-state index contributed by atoms with van der Waals surface area (Å²) >= 11 is 0. The van der Waals surface area contributed by atoms with Crippen LogP contribution in [0.2, 0.25) is 0 Å². The number of pyridine rings is 1. The van der Waals surface area contributed by atoms with Gasteiger partial charge in [0.25, 0.3) is 5.91 Å². The maximum Gasteiger partial charge on any atom is 0.417 e. The van der Waals surface area contributed by atoms with E-state index in [4.69, 9.17) is 18.9 Å². The average Bonchev–Trinajstić information content (AvgIpc) is 3.27. The molecule has 6 rings (SSSR count). The zero-order chi connectivity index (χ0) is 23.9. The van der Waals surface area contributed by atoms with Crippen molar-refractivity contribution in [2.45, 2.75) is 0 Å². The van der Waals surface area contributed by atoms with Gasteiger partial charge < -0.3 is 19.2 Å². The number of hydrogen-bond acceptors (Lipinski definition) is 6. The number of H-pyrrole nitrogens is 1. The Hall–Kier alpha value is -4.85. The van der Waals surface area contributed by atoms with E-state index in [1.54, 1.807) is 13.2 Å². The zero-order valence-corrected chi connectivity index (χ0v) is 18.6. The van der Waals surface area contributed by atoms with Gasteiger partial charge in [-0.05, 0) is 71.8 Å². The van der Waals surface area contributed by atoms with Crippen LogP contribution in [-0.2, 0) is 4.79 Å². The summed E-state index contributed by atoms with van der Waals surface area (Å²) < 4.78 is 15.9. The molecule has 2 N–H and O–H groups in total. The predicted octanol–water partition coefficient (Wildman–Crippen LogP) is 4.86. The molecule has 1 aliphatic heterocycles. The van der Waals surface area contributed by atoms with Gasteiger partial charge in [-0.1, -0.05) is 12.1 Å². The minimum atomic E-state index is -0.504. The first kappa shape index (κ1) is 20.7. The number of amides is 1. The second-order valence-electron chi connectivity index (χ2n) is 8.13. The number of aromatic nitrogens is 2. The molecule has 0 saturated heterocycles. The smallest absolute Gasteiger partial charge is 0.417 e. The van der Waals surface area contributed by atoms with Gasteiger partial charge in [-0.3, -0.25) is 9.78 Å². The molecule has 2 aromatic heterocycles. The quantitative estimate of drug-likeness (QED) is 0.393. The normalized spacial score (nSPS) is 12.7. The molecule has 1 aliphatic rings. The number of nitrogens with zero attached hydrogens (tertiary/aromatic N) is 1. The molecule has 8 heteroatoms. The Bertz CT molecular complexity index is 1650. The van der Waals surface area contributed by atoms with Crippen LogP contribution in [0, 0.1) is 0 Å². The molecular weight excluding hydrogens is 446 g/mol. The molecule has 0 aliphatic carbocycles. The van der Waals surface area contributed by atoms with E-state index in [-0.39, 0.29) is 12.5 Å². The molecule has 3 heterocycles. The lowest BCUT2D eigenvalue weighted by Gasteiger charge is -2.18. The lowest BCUT2D eigenvalue weighted by molar-refractivity contribution is -0.118. The largest absolute Gasteiger partial charge is 0.497 e. The van der Waals surface area contributed by atoms with Crippen LogP contribution in [-0.4, -0.2) is 29.6 Å². The summed E-state index contributed by atoms with van der Waals surface area (Å²) in [5.74, 6) is 0.686. The van der Waals surface area contributed by atoms with E-state index >= 15 is 0 Å². The van der Waals surface area contributed by atoms with E-state index in [0.29, 0.717) is 22.5 Å². The lowest BCUT2D eigenvalue weighted by Crippen LogP contribution is -2.25. The number of methoxy groups -OCH3 is 1. The number of anilines is 1. The molecule has 3 aromatic carbocycles. The molecule has 0 bridgehead atoms. The monoisotopic (exact) mass is 465 g/mol. The van der Waals surface area contributed by atoms with Gasteiger partial charge >= 0.3 is 5.76 Å². The molecule has 0 atom stereocenters. The summed E-state index contributed by atoms with van der Waals surface area (Å²) in [7, 11) is 1.63. The molecule has 5 aromatic rings. The fourth-order valence-electron chi connectivity index (χ4n) is 4.13. The fourth-order valence-corrected chi connectivity index (χ4v) is 4.13. The standard InChI is InChI=1S/C27H19N3O5/c1-33-19-6-2-15(3-7-19)18-12-20(16-4-8-24-22(10-16)29-26(31)14-34-24)28-21(13-18)17-5-9-25-23(11-17)30-27(32)35-25/h2-13H,14H2,1H3,(H,29,31)(H,30,32). The maximum absolute atomic E-state index is 11.8. The number of ether oxygens (including phenoxy) is 2. The first-order valence-corrected chi connectivity index (χ1v) is 10.9. The van der Waals surface area contributed by atoms with Crippen molar-refractivity contribution in [3.8, 4) is 45.1 Å². The first-order valence-electron chi connectivity index (χ1n) is 10.9. The van der Waals surface area contributed by atoms with E-state index < -0.39 is 5.76 Å². The number of nitrogens with one attached hydrogen (secondary N) is 2. The minimum Gasteiger partial charge on any atom is -0.497 e. The van der Waals surface area contributed by atoms with Crippen LogP contribution < -0.4 is 20.5 Å². The number of hydrogen-bond donors (Lipinski definition) is 2. The van der Waals surface area contributed by atoms with Crippen LogP contribution in [0.1, 0.15) is 0 Å². The highest BCUT2D eigenvalue weighted by Crippen LogP contribution is 2.35. The van der Waals surface area contributed by atoms with Crippen molar-refractivity contribution in [3.05, 3.63) is 83.3 Å². The zero-order valence-electron chi connectivity index (χ0n) is 18.6. The van der Waals surface area contributed by atoms with Gasteiger partial charge in [0.1, 0.15) is 11.5 Å². The third-order valence-corrected chi connectivity index (χ3v) is 5.87. The molecule has 0 unspecified atom stereocenters. The number of fused-ring (bicyclic) bond motifs is 2. The van der Waals surface area contributed by atoms with Gasteiger partial charge in [0.05, 0.1) is 29.7 Å². The Morgan fingerprint density at radius 1 is 0.829 bits per heavy atom. The van der Waals surface area contributed by atoms with E-state index in [2.05, 4.69) is 10.3 Å².